The summed E-state index contributed by atoms with van der Waals surface area (Å²) in [6, 6.07) is 17.5. The number of hydrogen-bond acceptors (Lipinski definition) is 4. The van der Waals surface area contributed by atoms with Crippen molar-refractivity contribution < 1.29 is 14.6 Å². The summed E-state index contributed by atoms with van der Waals surface area (Å²) in [7, 11) is 0. The van der Waals surface area contributed by atoms with Gasteiger partial charge in [0.15, 0.2) is 0 Å². The summed E-state index contributed by atoms with van der Waals surface area (Å²) >= 11 is 0. The van der Waals surface area contributed by atoms with Crippen LogP contribution in [0.1, 0.15) is 0 Å². The molecule has 2 rings (SSSR count). The average Bonchev–Trinajstić information content (AvgIpc) is 2.48. The van der Waals surface area contributed by atoms with Crippen LogP contribution in [0.2, 0.25) is 0 Å². The molecule has 0 aliphatic rings. The molecule has 0 saturated carbocycles. The zero-order valence-electron chi connectivity index (χ0n) is 11.3. The number of nitrogens with one attached hydrogen (secondary N) is 1. The van der Waals surface area contributed by atoms with Crippen LogP contribution in [0.15, 0.2) is 54.6 Å². The second kappa shape index (κ2) is 8.19. The van der Waals surface area contributed by atoms with Crippen LogP contribution >= 0.6 is 0 Å². The van der Waals surface area contributed by atoms with Crippen molar-refractivity contribution in [2.45, 2.75) is 0 Å². The zero-order valence-corrected chi connectivity index (χ0v) is 11.3. The van der Waals surface area contributed by atoms with Gasteiger partial charge in [-0.3, -0.25) is 0 Å². The van der Waals surface area contributed by atoms with Crippen molar-refractivity contribution in [2.24, 2.45) is 0 Å². The average molecular weight is 273 g/mol. The van der Waals surface area contributed by atoms with Gasteiger partial charge in [0.2, 0.25) is 0 Å². The molecule has 0 fully saturated rings. The largest absolute Gasteiger partial charge is 0.457 e. The fourth-order valence-corrected chi connectivity index (χ4v) is 1.73. The van der Waals surface area contributed by atoms with Crippen LogP contribution in [0, 0.1) is 0 Å². The lowest BCUT2D eigenvalue weighted by Gasteiger charge is -2.09. The van der Waals surface area contributed by atoms with Gasteiger partial charge in [-0.25, -0.2) is 0 Å². The van der Waals surface area contributed by atoms with E-state index in [0.29, 0.717) is 19.8 Å². The lowest BCUT2D eigenvalue weighted by molar-refractivity contribution is 0.0992. The molecule has 0 atom stereocenters. The Kier molecular flexibility index (Phi) is 5.89. The van der Waals surface area contributed by atoms with E-state index in [-0.39, 0.29) is 6.61 Å². The van der Waals surface area contributed by atoms with Crippen molar-refractivity contribution in [3.8, 4) is 11.5 Å². The zero-order chi connectivity index (χ0) is 14.0. The lowest BCUT2D eigenvalue weighted by atomic mass is 10.3. The van der Waals surface area contributed by atoms with Crippen LogP contribution in [-0.4, -0.2) is 31.5 Å². The molecule has 0 bridgehead atoms. The van der Waals surface area contributed by atoms with Gasteiger partial charge in [0.25, 0.3) is 0 Å². The number of aliphatic hydroxyl groups is 1. The molecule has 0 aromatic heterocycles. The first-order valence-electron chi connectivity index (χ1n) is 6.64. The molecular formula is C16H19NO3. The summed E-state index contributed by atoms with van der Waals surface area (Å²) in [4.78, 5) is 0. The Morgan fingerprint density at radius 1 is 0.900 bits per heavy atom. The van der Waals surface area contributed by atoms with Gasteiger partial charge in [0, 0.05) is 18.3 Å². The van der Waals surface area contributed by atoms with Crippen molar-refractivity contribution in [3.63, 3.8) is 0 Å². The topological polar surface area (TPSA) is 50.7 Å². The third-order valence-corrected chi connectivity index (χ3v) is 2.62. The highest BCUT2D eigenvalue weighted by Crippen LogP contribution is 2.23. The number of anilines is 1. The monoisotopic (exact) mass is 273 g/mol. The Bertz CT molecular complexity index is 502. The van der Waals surface area contributed by atoms with Gasteiger partial charge in [-0.15, -0.1) is 0 Å². The third kappa shape index (κ3) is 4.91. The number of benzene rings is 2. The predicted molar refractivity (Wildman–Crippen MR) is 79.4 cm³/mol. The molecule has 0 amide bonds. The van der Waals surface area contributed by atoms with Crippen molar-refractivity contribution >= 4 is 5.69 Å². The first kappa shape index (κ1) is 14.4. The van der Waals surface area contributed by atoms with E-state index in [2.05, 4.69) is 5.32 Å². The normalized spacial score (nSPS) is 10.2. The first-order chi connectivity index (χ1) is 9.88. The maximum Gasteiger partial charge on any atom is 0.129 e. The molecule has 0 saturated heterocycles. The van der Waals surface area contributed by atoms with Crippen LogP contribution in [0.5, 0.6) is 11.5 Å². The van der Waals surface area contributed by atoms with Crippen molar-refractivity contribution in [1.82, 2.24) is 0 Å². The minimum absolute atomic E-state index is 0.0560. The molecule has 0 aliphatic carbocycles. The molecule has 0 aliphatic heterocycles. The molecule has 106 valence electrons. The summed E-state index contributed by atoms with van der Waals surface area (Å²) in [5.41, 5.74) is 0.978. The third-order valence-electron chi connectivity index (χ3n) is 2.62. The SMILES string of the molecule is OCCOCCNc1cccc(Oc2ccccc2)c1. The van der Waals surface area contributed by atoms with Gasteiger partial charge in [-0.05, 0) is 24.3 Å². The molecule has 2 aromatic rings. The smallest absolute Gasteiger partial charge is 0.129 e. The molecule has 0 spiro atoms. The fourth-order valence-electron chi connectivity index (χ4n) is 1.73. The van der Waals surface area contributed by atoms with Crippen LogP contribution < -0.4 is 10.1 Å². The molecule has 2 N–H and O–H groups in total. The molecule has 4 nitrogen and oxygen atoms in total. The molecule has 0 unspecified atom stereocenters. The van der Waals surface area contributed by atoms with Crippen molar-refractivity contribution in [3.05, 3.63) is 54.6 Å². The number of aliphatic hydroxyl groups excluding tert-OH is 1. The van der Waals surface area contributed by atoms with Crippen LogP contribution in [0.25, 0.3) is 0 Å². The predicted octanol–water partition coefficient (Wildman–Crippen LogP) is 2.90. The second-order valence-corrected chi connectivity index (χ2v) is 4.21. The number of rotatable bonds is 8. The van der Waals surface area contributed by atoms with E-state index >= 15 is 0 Å². The Hall–Kier alpha value is -2.04. The molecular weight excluding hydrogens is 254 g/mol. The van der Waals surface area contributed by atoms with E-state index in [1.54, 1.807) is 0 Å². The summed E-state index contributed by atoms with van der Waals surface area (Å²) in [6.45, 7) is 1.68. The maximum absolute atomic E-state index is 8.60. The van der Waals surface area contributed by atoms with Gasteiger partial charge in [-0.2, -0.15) is 0 Å². The standard InChI is InChI=1S/C16H19NO3/c18-10-12-19-11-9-17-14-5-4-8-16(13-14)20-15-6-2-1-3-7-15/h1-8,13,17-18H,9-12H2. The molecule has 2 aromatic carbocycles. The van der Waals surface area contributed by atoms with Crippen LogP contribution in [0.4, 0.5) is 5.69 Å². The van der Waals surface area contributed by atoms with Gasteiger partial charge in [0.05, 0.1) is 19.8 Å². The Labute approximate surface area is 119 Å². The van der Waals surface area contributed by atoms with E-state index in [1.807, 2.05) is 54.6 Å². The van der Waals surface area contributed by atoms with Crippen molar-refractivity contribution in [1.29, 1.82) is 0 Å². The summed E-state index contributed by atoms with van der Waals surface area (Å²) in [5.74, 6) is 1.61. The highest BCUT2D eigenvalue weighted by Gasteiger charge is 1.98. The molecule has 0 radical (unpaired) electrons. The summed E-state index contributed by atoms with van der Waals surface area (Å²) < 4.78 is 10.9. The minimum Gasteiger partial charge on any atom is -0.457 e. The minimum atomic E-state index is 0.0560. The van der Waals surface area contributed by atoms with E-state index in [9.17, 15) is 0 Å². The second-order valence-electron chi connectivity index (χ2n) is 4.21. The highest BCUT2D eigenvalue weighted by molar-refractivity contribution is 5.49. The lowest BCUT2D eigenvalue weighted by Crippen LogP contribution is -2.11. The van der Waals surface area contributed by atoms with E-state index < -0.39 is 0 Å². The fraction of sp³-hybridized carbons (Fsp3) is 0.250. The number of hydrogen-bond donors (Lipinski definition) is 2. The summed E-state index contributed by atoms with van der Waals surface area (Å²) in [6.07, 6.45) is 0. The Balaban J connectivity index is 1.84. The Morgan fingerprint density at radius 3 is 2.50 bits per heavy atom. The van der Waals surface area contributed by atoms with E-state index in [4.69, 9.17) is 14.6 Å². The summed E-state index contributed by atoms with van der Waals surface area (Å²) in [5, 5.41) is 11.8. The molecule has 20 heavy (non-hydrogen) atoms. The molecule has 0 heterocycles. The van der Waals surface area contributed by atoms with Gasteiger partial charge in [0.1, 0.15) is 11.5 Å². The highest BCUT2D eigenvalue weighted by atomic mass is 16.5. The quantitative estimate of drug-likeness (QED) is 0.726. The number of ether oxygens (including phenoxy) is 2. The maximum atomic E-state index is 8.60. The van der Waals surface area contributed by atoms with E-state index in [1.165, 1.54) is 0 Å². The van der Waals surface area contributed by atoms with Crippen LogP contribution in [-0.2, 0) is 4.74 Å². The number of para-hydroxylation sites is 1. The Morgan fingerprint density at radius 2 is 1.70 bits per heavy atom. The first-order valence-corrected chi connectivity index (χ1v) is 6.64. The van der Waals surface area contributed by atoms with E-state index in [0.717, 1.165) is 17.2 Å². The van der Waals surface area contributed by atoms with Gasteiger partial charge in [-0.1, -0.05) is 24.3 Å². The van der Waals surface area contributed by atoms with Gasteiger partial charge >= 0.3 is 0 Å². The van der Waals surface area contributed by atoms with Crippen molar-refractivity contribution in [2.75, 3.05) is 31.7 Å². The van der Waals surface area contributed by atoms with Gasteiger partial charge < -0.3 is 19.9 Å². The molecule has 4 heteroatoms. The van der Waals surface area contributed by atoms with Crippen LogP contribution in [0.3, 0.4) is 0 Å².